The minimum absolute atomic E-state index is 0.136. The van der Waals surface area contributed by atoms with Gasteiger partial charge in [-0.05, 0) is 74.3 Å². The van der Waals surface area contributed by atoms with Crippen molar-refractivity contribution in [3.8, 4) is 24.2 Å². The lowest BCUT2D eigenvalue weighted by Gasteiger charge is -2.41. The van der Waals surface area contributed by atoms with Gasteiger partial charge in [-0.2, -0.15) is 0 Å². The molecule has 0 aromatic carbocycles. The summed E-state index contributed by atoms with van der Waals surface area (Å²) in [4.78, 5) is 13.2. The monoisotopic (exact) mass is 662 g/mol. The number of aldehydes is 1. The Morgan fingerprint density at radius 1 is 0.909 bits per heavy atom. The van der Waals surface area contributed by atoms with Gasteiger partial charge >= 0.3 is 0 Å². The van der Waals surface area contributed by atoms with Gasteiger partial charge in [-0.25, -0.2) is 0 Å². The molecule has 1 aliphatic carbocycles. The molecule has 2 rings (SSSR count). The van der Waals surface area contributed by atoms with E-state index in [-0.39, 0.29) is 12.7 Å². The summed E-state index contributed by atoms with van der Waals surface area (Å²) < 4.78 is 33.6. The normalized spacial score (nSPS) is 25.1. The summed E-state index contributed by atoms with van der Waals surface area (Å²) >= 11 is 0. The van der Waals surface area contributed by atoms with Gasteiger partial charge in [0, 0.05) is 18.4 Å². The van der Waals surface area contributed by atoms with Gasteiger partial charge in [0.2, 0.25) is 5.60 Å². The minimum Gasteiger partial charge on any atom is -0.410 e. The highest BCUT2D eigenvalue weighted by Gasteiger charge is 2.53. The van der Waals surface area contributed by atoms with Gasteiger partial charge in [0.25, 0.3) is 0 Å². The Morgan fingerprint density at radius 3 is 1.84 bits per heavy atom. The molecule has 4 atom stereocenters. The summed E-state index contributed by atoms with van der Waals surface area (Å²) in [5.41, 5.74) is -1.40. The van der Waals surface area contributed by atoms with Crippen LogP contribution >= 0.6 is 0 Å². The van der Waals surface area contributed by atoms with Gasteiger partial charge < -0.3 is 22.8 Å². The Morgan fingerprint density at radius 2 is 1.43 bits per heavy atom. The van der Waals surface area contributed by atoms with Gasteiger partial charge in [-0.1, -0.05) is 74.2 Å². The zero-order valence-corrected chi connectivity index (χ0v) is 32.8. The van der Waals surface area contributed by atoms with Crippen LogP contribution in [0.15, 0.2) is 11.6 Å². The molecule has 0 unspecified atom stereocenters. The quantitative estimate of drug-likeness (QED) is 0.0832. The molecular weight excluding hydrogens is 601 g/mol. The van der Waals surface area contributed by atoms with Crippen LogP contribution in [0.25, 0.3) is 0 Å². The van der Waals surface area contributed by atoms with Crippen LogP contribution in [0.4, 0.5) is 0 Å². The fourth-order valence-corrected chi connectivity index (χ4v) is 15.6. The van der Waals surface area contributed by atoms with Crippen LogP contribution in [0, 0.1) is 24.2 Å². The highest BCUT2D eigenvalue weighted by molar-refractivity contribution is 6.74. The molecule has 1 saturated heterocycles. The molecule has 9 heteroatoms. The fourth-order valence-electron chi connectivity index (χ4n) is 6.92. The number of hydrogen-bond acceptors (Lipinski definition) is 6. The maximum absolute atomic E-state index is 13.2. The van der Waals surface area contributed by atoms with E-state index in [1.165, 1.54) is 0 Å². The van der Waals surface area contributed by atoms with E-state index in [1.807, 2.05) is 13.8 Å². The highest BCUT2D eigenvalue weighted by Crippen LogP contribution is 2.44. The summed E-state index contributed by atoms with van der Waals surface area (Å²) in [6, 6.07) is 8.80. The van der Waals surface area contributed by atoms with Crippen LogP contribution in [-0.2, 0) is 27.5 Å². The number of terminal acetylenes is 1. The van der Waals surface area contributed by atoms with E-state index in [4.69, 9.17) is 29.2 Å². The molecule has 0 radical (unpaired) electrons. The Bertz CT molecular complexity index is 1050. The Labute approximate surface area is 273 Å². The van der Waals surface area contributed by atoms with Crippen molar-refractivity contribution in [1.82, 2.24) is 0 Å². The zero-order chi connectivity index (χ0) is 33.3. The summed E-state index contributed by atoms with van der Waals surface area (Å²) in [6.07, 6.45) is 9.38. The lowest BCUT2D eigenvalue weighted by Crippen LogP contribution is -2.55. The first kappa shape index (κ1) is 39.2. The third-order valence-corrected chi connectivity index (χ3v) is 24.8. The maximum atomic E-state index is 13.2. The summed E-state index contributed by atoms with van der Waals surface area (Å²) in [6.45, 7) is 23.9. The molecule has 6 nitrogen and oxygen atoms in total. The fraction of sp³-hybridized carbons (Fsp3) is 0.800. The molecule has 0 amide bonds. The minimum atomic E-state index is -2.30. The third-order valence-electron chi connectivity index (χ3n) is 10.8. The molecule has 0 saturated carbocycles. The predicted molar refractivity (Wildman–Crippen MR) is 189 cm³/mol. The number of hydrogen-bond donors (Lipinski definition) is 0. The topological polar surface area (TPSA) is 63.2 Å². The van der Waals surface area contributed by atoms with Crippen molar-refractivity contribution in [2.75, 3.05) is 6.61 Å². The van der Waals surface area contributed by atoms with Crippen molar-refractivity contribution in [2.45, 2.75) is 173 Å². The summed E-state index contributed by atoms with van der Waals surface area (Å²) in [5.74, 6) is 9.00. The molecule has 1 aliphatic heterocycles. The molecular formula is C35H62O6Si3. The number of ether oxygens (including phenoxy) is 2. The Kier molecular flexibility index (Phi) is 14.4. The maximum Gasteiger partial charge on any atom is 0.203 e. The zero-order valence-electron chi connectivity index (χ0n) is 29.8. The number of carbonyl (C=O) groups is 1. The molecule has 1 heterocycles. The standard InChI is InChI=1S/C35H62O6Si3/c1-13-24-34(40-43(17-5,18-6)19-7)27-31(39-42(14-2,15-3)16-4)26-30(34)23-25-35(29-36,32-28-37-33(11,12)38-32)41-44(20-8,21-9)22-10/h1,26,29,31-32H,14-22,24,27-28H2,2-12H3/t31-,32+,34-,35-/m1/s1. The van der Waals surface area contributed by atoms with Crippen molar-refractivity contribution in [2.24, 2.45) is 0 Å². The van der Waals surface area contributed by atoms with Gasteiger partial charge in [-0.3, -0.25) is 4.79 Å². The lowest BCUT2D eigenvalue weighted by molar-refractivity contribution is -0.160. The van der Waals surface area contributed by atoms with E-state index in [0.29, 0.717) is 12.8 Å². The second-order valence-electron chi connectivity index (χ2n) is 13.2. The molecule has 0 spiro atoms. The van der Waals surface area contributed by atoms with Crippen LogP contribution < -0.4 is 0 Å². The Hall–Kier alpha value is -1.02. The van der Waals surface area contributed by atoms with Crippen molar-refractivity contribution in [1.29, 1.82) is 0 Å². The lowest BCUT2D eigenvalue weighted by atomic mass is 9.91. The van der Waals surface area contributed by atoms with E-state index in [9.17, 15) is 4.79 Å². The first-order valence-corrected chi connectivity index (χ1v) is 24.9. The van der Waals surface area contributed by atoms with E-state index >= 15 is 0 Å². The first-order chi connectivity index (χ1) is 20.8. The first-order valence-electron chi connectivity index (χ1n) is 17.3. The highest BCUT2D eigenvalue weighted by atomic mass is 28.4. The molecule has 1 fully saturated rings. The van der Waals surface area contributed by atoms with E-state index in [2.05, 4.69) is 86.2 Å². The van der Waals surface area contributed by atoms with E-state index in [0.717, 1.165) is 66.3 Å². The molecule has 0 aromatic heterocycles. The molecule has 2 aliphatic rings. The van der Waals surface area contributed by atoms with Gasteiger partial charge in [0.1, 0.15) is 11.7 Å². The van der Waals surface area contributed by atoms with E-state index < -0.39 is 48.0 Å². The molecule has 0 N–H and O–H groups in total. The van der Waals surface area contributed by atoms with Gasteiger partial charge in [-0.15, -0.1) is 12.3 Å². The second-order valence-corrected chi connectivity index (χ2v) is 27.3. The van der Waals surface area contributed by atoms with Crippen LogP contribution in [-0.4, -0.2) is 67.0 Å². The Balaban J connectivity index is 2.81. The van der Waals surface area contributed by atoms with Gasteiger partial charge in [0.15, 0.2) is 37.0 Å². The smallest absolute Gasteiger partial charge is 0.203 e. The predicted octanol–water partition coefficient (Wildman–Crippen LogP) is 8.61. The average molecular weight is 663 g/mol. The third kappa shape index (κ3) is 8.46. The molecule has 0 bridgehead atoms. The second kappa shape index (κ2) is 16.2. The van der Waals surface area contributed by atoms with Crippen LogP contribution in [0.3, 0.4) is 0 Å². The molecule has 250 valence electrons. The number of carbonyl (C=O) groups excluding carboxylic acids is 1. The van der Waals surface area contributed by atoms with Crippen LogP contribution in [0.2, 0.25) is 54.4 Å². The molecule has 44 heavy (non-hydrogen) atoms. The van der Waals surface area contributed by atoms with Gasteiger partial charge in [0.05, 0.1) is 12.7 Å². The summed E-state index contributed by atoms with van der Waals surface area (Å²) in [7, 11) is -6.34. The number of rotatable bonds is 18. The van der Waals surface area contributed by atoms with Crippen molar-refractivity contribution in [3.05, 3.63) is 11.6 Å². The van der Waals surface area contributed by atoms with Crippen molar-refractivity contribution >= 4 is 31.2 Å². The van der Waals surface area contributed by atoms with Crippen molar-refractivity contribution in [3.63, 3.8) is 0 Å². The SMILES string of the molecule is C#CC[C@@]1(O[Si](CC)(CC)CC)C[C@H](O[Si](CC)(CC)CC)C=C1C#C[C@](C=O)(O[Si](CC)(CC)CC)[C@@H]1COC(C)(C)O1. The van der Waals surface area contributed by atoms with Crippen LogP contribution in [0.5, 0.6) is 0 Å². The summed E-state index contributed by atoms with van der Waals surface area (Å²) in [5, 5.41) is 0. The van der Waals surface area contributed by atoms with Crippen molar-refractivity contribution < 1.29 is 27.5 Å². The largest absolute Gasteiger partial charge is 0.410 e. The molecule has 0 aromatic rings. The van der Waals surface area contributed by atoms with Crippen LogP contribution in [0.1, 0.15) is 89.0 Å². The van der Waals surface area contributed by atoms with E-state index in [1.54, 1.807) is 0 Å². The average Bonchev–Trinajstić information content (AvgIpc) is 3.58.